The van der Waals surface area contributed by atoms with Gasteiger partial charge in [0.2, 0.25) is 0 Å². The van der Waals surface area contributed by atoms with Crippen LogP contribution in [0.4, 0.5) is 0 Å². The minimum Gasteiger partial charge on any atom is -0.396 e. The zero-order chi connectivity index (χ0) is 13.6. The Kier molecular flexibility index (Phi) is 5.34. The molecule has 0 aromatic carbocycles. The van der Waals surface area contributed by atoms with E-state index in [2.05, 4.69) is 22.6 Å². The van der Waals surface area contributed by atoms with Crippen molar-refractivity contribution in [2.45, 2.75) is 58.5 Å². The van der Waals surface area contributed by atoms with Crippen molar-refractivity contribution in [1.82, 2.24) is 20.3 Å². The monoisotopic (exact) mass is 266 g/mol. The van der Waals surface area contributed by atoms with Crippen LogP contribution in [-0.4, -0.2) is 33.3 Å². The maximum Gasteiger partial charge on any atom is 0.0964 e. The van der Waals surface area contributed by atoms with E-state index in [4.69, 9.17) is 5.11 Å². The second kappa shape index (κ2) is 7.01. The summed E-state index contributed by atoms with van der Waals surface area (Å²) in [4.78, 5) is 0. The molecule has 0 spiro atoms. The van der Waals surface area contributed by atoms with Crippen LogP contribution >= 0.6 is 0 Å². The summed E-state index contributed by atoms with van der Waals surface area (Å²) >= 11 is 0. The highest BCUT2D eigenvalue weighted by Crippen LogP contribution is 2.40. The molecule has 5 nitrogen and oxygen atoms in total. The van der Waals surface area contributed by atoms with Crippen molar-refractivity contribution < 1.29 is 5.11 Å². The number of rotatable bonds is 8. The third-order valence-corrected chi connectivity index (χ3v) is 4.35. The summed E-state index contributed by atoms with van der Waals surface area (Å²) in [6.07, 6.45) is 9.45. The van der Waals surface area contributed by atoms with Crippen molar-refractivity contribution >= 4 is 0 Å². The van der Waals surface area contributed by atoms with Crippen LogP contribution in [0.1, 0.15) is 51.1 Å². The van der Waals surface area contributed by atoms with Gasteiger partial charge < -0.3 is 10.4 Å². The molecule has 0 atom stereocenters. The fourth-order valence-electron chi connectivity index (χ4n) is 3.00. The van der Waals surface area contributed by atoms with Crippen LogP contribution in [0.25, 0.3) is 0 Å². The Morgan fingerprint density at radius 3 is 2.89 bits per heavy atom. The Morgan fingerprint density at radius 2 is 2.21 bits per heavy atom. The molecule has 108 valence electrons. The number of aliphatic hydroxyl groups is 1. The predicted octanol–water partition coefficient (Wildman–Crippen LogP) is 1.72. The van der Waals surface area contributed by atoms with Gasteiger partial charge >= 0.3 is 0 Å². The van der Waals surface area contributed by atoms with E-state index in [-0.39, 0.29) is 6.61 Å². The smallest absolute Gasteiger partial charge is 0.0964 e. The van der Waals surface area contributed by atoms with Crippen molar-refractivity contribution in [3.8, 4) is 0 Å². The summed E-state index contributed by atoms with van der Waals surface area (Å²) in [7, 11) is 0. The number of aliphatic hydroxyl groups excluding tert-OH is 1. The molecule has 0 amide bonds. The molecule has 5 heteroatoms. The second-order valence-corrected chi connectivity index (χ2v) is 5.71. The van der Waals surface area contributed by atoms with Crippen LogP contribution < -0.4 is 5.32 Å². The molecule has 1 saturated carbocycles. The molecule has 2 rings (SSSR count). The minimum absolute atomic E-state index is 0.201. The number of hydrogen-bond donors (Lipinski definition) is 2. The molecule has 0 radical (unpaired) electrons. The predicted molar refractivity (Wildman–Crippen MR) is 74.6 cm³/mol. The Hall–Kier alpha value is -0.940. The molecular weight excluding hydrogens is 240 g/mol. The molecule has 1 heterocycles. The zero-order valence-corrected chi connectivity index (χ0v) is 11.9. The van der Waals surface area contributed by atoms with Crippen molar-refractivity contribution in [3.05, 3.63) is 11.9 Å². The van der Waals surface area contributed by atoms with Gasteiger partial charge in [-0.3, -0.25) is 4.68 Å². The van der Waals surface area contributed by atoms with E-state index in [1.54, 1.807) is 4.68 Å². The third kappa shape index (κ3) is 4.01. The van der Waals surface area contributed by atoms with Gasteiger partial charge in [0, 0.05) is 32.4 Å². The highest BCUT2D eigenvalue weighted by atomic mass is 16.3. The van der Waals surface area contributed by atoms with Gasteiger partial charge in [0.15, 0.2) is 0 Å². The first-order valence-corrected chi connectivity index (χ1v) is 7.48. The highest BCUT2D eigenvalue weighted by Gasteiger charge is 2.31. The zero-order valence-electron chi connectivity index (χ0n) is 11.9. The van der Waals surface area contributed by atoms with E-state index >= 15 is 0 Å². The van der Waals surface area contributed by atoms with E-state index < -0.39 is 0 Å². The standard InChI is InChI=1S/C14H26N4O/c1-2-14(6-3-4-7-14)12-15-10-13-11-18(17-16-13)8-5-9-19/h11,15,19H,2-10,12H2,1H3. The van der Waals surface area contributed by atoms with Crippen molar-refractivity contribution in [1.29, 1.82) is 0 Å². The van der Waals surface area contributed by atoms with Gasteiger partial charge in [-0.05, 0) is 31.1 Å². The Morgan fingerprint density at radius 1 is 1.42 bits per heavy atom. The SMILES string of the molecule is CCC1(CNCc2cn(CCCO)nn2)CCCC1. The van der Waals surface area contributed by atoms with Gasteiger partial charge in [-0.25, -0.2) is 0 Å². The summed E-state index contributed by atoms with van der Waals surface area (Å²) in [5, 5.41) is 20.5. The highest BCUT2D eigenvalue weighted by molar-refractivity contribution is 4.93. The lowest BCUT2D eigenvalue weighted by Crippen LogP contribution is -2.31. The van der Waals surface area contributed by atoms with Crippen molar-refractivity contribution in [2.75, 3.05) is 13.2 Å². The molecule has 0 bridgehead atoms. The normalized spacial score (nSPS) is 18.0. The lowest BCUT2D eigenvalue weighted by molar-refractivity contribution is 0.268. The van der Waals surface area contributed by atoms with Gasteiger partial charge in [-0.1, -0.05) is 25.0 Å². The van der Waals surface area contributed by atoms with E-state index in [1.165, 1.54) is 32.1 Å². The van der Waals surface area contributed by atoms with Crippen LogP contribution in [0, 0.1) is 5.41 Å². The molecule has 1 aliphatic carbocycles. The quantitative estimate of drug-likeness (QED) is 0.752. The maximum absolute atomic E-state index is 8.78. The topological polar surface area (TPSA) is 63.0 Å². The molecule has 0 unspecified atom stereocenters. The van der Waals surface area contributed by atoms with Crippen LogP contribution in [0.5, 0.6) is 0 Å². The summed E-state index contributed by atoms with van der Waals surface area (Å²) in [6, 6.07) is 0. The van der Waals surface area contributed by atoms with Gasteiger partial charge in [-0.2, -0.15) is 0 Å². The van der Waals surface area contributed by atoms with Gasteiger partial charge in [-0.15, -0.1) is 5.10 Å². The average molecular weight is 266 g/mol. The minimum atomic E-state index is 0.201. The van der Waals surface area contributed by atoms with E-state index in [9.17, 15) is 0 Å². The lowest BCUT2D eigenvalue weighted by Gasteiger charge is -2.27. The van der Waals surface area contributed by atoms with Gasteiger partial charge in [0.05, 0.1) is 5.69 Å². The lowest BCUT2D eigenvalue weighted by atomic mass is 9.83. The Bertz CT molecular complexity index is 371. The molecular formula is C14H26N4O. The van der Waals surface area contributed by atoms with E-state index in [1.807, 2.05) is 6.20 Å². The first kappa shape index (κ1) is 14.5. The van der Waals surface area contributed by atoms with Crippen LogP contribution in [-0.2, 0) is 13.1 Å². The van der Waals surface area contributed by atoms with Gasteiger partial charge in [0.1, 0.15) is 0 Å². The molecule has 1 fully saturated rings. The van der Waals surface area contributed by atoms with Gasteiger partial charge in [0.25, 0.3) is 0 Å². The average Bonchev–Trinajstić information content (AvgIpc) is 3.06. The van der Waals surface area contributed by atoms with Crippen LogP contribution in [0.3, 0.4) is 0 Å². The first-order chi connectivity index (χ1) is 9.28. The number of aromatic nitrogens is 3. The number of hydrogen-bond acceptors (Lipinski definition) is 4. The molecule has 1 aromatic heterocycles. The number of aryl methyl sites for hydroxylation is 1. The molecule has 1 aromatic rings. The Balaban J connectivity index is 1.74. The maximum atomic E-state index is 8.78. The molecule has 0 saturated heterocycles. The third-order valence-electron chi connectivity index (χ3n) is 4.35. The molecule has 0 aliphatic heterocycles. The number of nitrogens with zero attached hydrogens (tertiary/aromatic N) is 3. The van der Waals surface area contributed by atoms with Crippen molar-refractivity contribution in [2.24, 2.45) is 5.41 Å². The van der Waals surface area contributed by atoms with Crippen molar-refractivity contribution in [3.63, 3.8) is 0 Å². The Labute approximate surface area is 115 Å². The summed E-state index contributed by atoms with van der Waals surface area (Å²) < 4.78 is 1.80. The second-order valence-electron chi connectivity index (χ2n) is 5.71. The first-order valence-electron chi connectivity index (χ1n) is 7.48. The fraction of sp³-hybridized carbons (Fsp3) is 0.857. The molecule has 2 N–H and O–H groups in total. The molecule has 1 aliphatic rings. The summed E-state index contributed by atoms with van der Waals surface area (Å²) in [5.41, 5.74) is 1.51. The molecule has 19 heavy (non-hydrogen) atoms. The van der Waals surface area contributed by atoms with Crippen LogP contribution in [0.2, 0.25) is 0 Å². The summed E-state index contributed by atoms with van der Waals surface area (Å²) in [5.74, 6) is 0. The van der Waals surface area contributed by atoms with E-state index in [0.717, 1.165) is 31.7 Å². The summed E-state index contributed by atoms with van der Waals surface area (Å²) in [6.45, 7) is 5.13. The van der Waals surface area contributed by atoms with Crippen LogP contribution in [0.15, 0.2) is 6.20 Å². The number of nitrogens with one attached hydrogen (secondary N) is 1. The fourth-order valence-corrected chi connectivity index (χ4v) is 3.00. The van der Waals surface area contributed by atoms with E-state index in [0.29, 0.717) is 5.41 Å². The largest absolute Gasteiger partial charge is 0.396 e.